The monoisotopic (exact) mass is 439 g/mol. The zero-order valence-corrected chi connectivity index (χ0v) is 20.3. The summed E-state index contributed by atoms with van der Waals surface area (Å²) in [4.78, 5) is 7.37. The lowest BCUT2D eigenvalue weighted by atomic mass is 10.00. The minimum atomic E-state index is 0.534. The van der Waals surface area contributed by atoms with Gasteiger partial charge in [-0.15, -0.1) is 0 Å². The number of nitrogens with zero attached hydrogens (tertiary/aromatic N) is 2. The fourth-order valence-electron chi connectivity index (χ4n) is 4.60. The Morgan fingerprint density at radius 2 is 2.00 bits per heavy atom. The van der Waals surface area contributed by atoms with E-state index in [2.05, 4.69) is 62.3 Å². The Morgan fingerprint density at radius 1 is 1.19 bits per heavy atom. The summed E-state index contributed by atoms with van der Waals surface area (Å²) in [6.45, 7) is 18.2. The van der Waals surface area contributed by atoms with Gasteiger partial charge in [0.05, 0.1) is 10.5 Å². The van der Waals surface area contributed by atoms with Crippen LogP contribution in [0.1, 0.15) is 69.7 Å². The van der Waals surface area contributed by atoms with E-state index in [-0.39, 0.29) is 0 Å². The molecule has 1 N–H and O–H groups in total. The van der Waals surface area contributed by atoms with E-state index in [1.165, 1.54) is 30.5 Å². The average molecular weight is 440 g/mol. The maximum Gasteiger partial charge on any atom is 0.0726 e. The number of hydrogen-bond donors (Lipinski definition) is 1. The Kier molecular flexibility index (Phi) is 8.57. The van der Waals surface area contributed by atoms with E-state index in [1.54, 1.807) is 0 Å². The van der Waals surface area contributed by atoms with Crippen LogP contribution in [0.5, 0.6) is 0 Å². The smallest absolute Gasteiger partial charge is 0.0726 e. The molecule has 1 aliphatic rings. The predicted octanol–water partition coefficient (Wildman–Crippen LogP) is 6.78. The summed E-state index contributed by atoms with van der Waals surface area (Å²) in [5.74, 6) is 0. The van der Waals surface area contributed by atoms with Crippen LogP contribution in [0.3, 0.4) is 0 Å². The summed E-state index contributed by atoms with van der Waals surface area (Å²) in [6, 6.07) is 6.94. The second-order valence-corrected chi connectivity index (χ2v) is 9.12. The van der Waals surface area contributed by atoms with E-state index >= 15 is 0 Å². The molecule has 1 aliphatic heterocycles. The van der Waals surface area contributed by atoms with Crippen LogP contribution in [0.15, 0.2) is 37.1 Å². The van der Waals surface area contributed by atoms with Crippen LogP contribution in [0.2, 0.25) is 5.02 Å². The van der Waals surface area contributed by atoms with Crippen LogP contribution in [-0.2, 0) is 12.8 Å². The van der Waals surface area contributed by atoms with Crippen molar-refractivity contribution in [1.82, 2.24) is 15.2 Å². The van der Waals surface area contributed by atoms with Gasteiger partial charge in [-0.3, -0.25) is 4.98 Å². The summed E-state index contributed by atoms with van der Waals surface area (Å²) >= 11 is 6.74. The third kappa shape index (κ3) is 5.70. The van der Waals surface area contributed by atoms with Gasteiger partial charge < -0.3 is 10.2 Å². The highest BCUT2D eigenvalue weighted by atomic mass is 35.5. The molecule has 2 heterocycles. The molecule has 0 saturated carbocycles. The van der Waals surface area contributed by atoms with Crippen LogP contribution in [0.4, 0.5) is 0 Å². The summed E-state index contributed by atoms with van der Waals surface area (Å²) < 4.78 is 0. The molecule has 0 aliphatic carbocycles. The van der Waals surface area contributed by atoms with E-state index in [1.807, 2.05) is 0 Å². The Balaban J connectivity index is 1.84. The van der Waals surface area contributed by atoms with Crippen molar-refractivity contribution in [1.29, 1.82) is 0 Å². The SMILES string of the molecule is C=C(CN(CC1CCCCN1)C(=C)CCC)c1ccc2c(Cl)c(CC)c(CC)nc2c1. The van der Waals surface area contributed by atoms with E-state index < -0.39 is 0 Å². The van der Waals surface area contributed by atoms with Gasteiger partial charge in [0.25, 0.3) is 0 Å². The summed E-state index contributed by atoms with van der Waals surface area (Å²) in [5, 5.41) is 5.56. The number of nitrogens with one attached hydrogen (secondary N) is 1. The van der Waals surface area contributed by atoms with Crippen molar-refractivity contribution in [3.63, 3.8) is 0 Å². The first-order valence-electron chi connectivity index (χ1n) is 11.9. The summed E-state index contributed by atoms with van der Waals surface area (Å²) in [7, 11) is 0. The number of hydrogen-bond acceptors (Lipinski definition) is 3. The number of fused-ring (bicyclic) bond motifs is 1. The van der Waals surface area contributed by atoms with Gasteiger partial charge in [-0.2, -0.15) is 0 Å². The maximum atomic E-state index is 6.74. The van der Waals surface area contributed by atoms with Crippen molar-refractivity contribution in [2.75, 3.05) is 19.6 Å². The van der Waals surface area contributed by atoms with Crippen LogP contribution >= 0.6 is 11.6 Å². The molecular formula is C27H38ClN3. The second kappa shape index (κ2) is 11.2. The number of aryl methyl sites for hydroxylation is 1. The third-order valence-electron chi connectivity index (χ3n) is 6.42. The number of halogens is 1. The molecule has 1 fully saturated rings. The second-order valence-electron chi connectivity index (χ2n) is 8.74. The van der Waals surface area contributed by atoms with E-state index in [9.17, 15) is 0 Å². The van der Waals surface area contributed by atoms with Crippen molar-refractivity contribution in [3.8, 4) is 0 Å². The van der Waals surface area contributed by atoms with E-state index in [0.717, 1.165) is 78.1 Å². The lowest BCUT2D eigenvalue weighted by Gasteiger charge is -2.34. The molecule has 3 rings (SSSR count). The molecule has 1 atom stereocenters. The zero-order valence-electron chi connectivity index (χ0n) is 19.6. The molecule has 2 aromatic rings. The van der Waals surface area contributed by atoms with Crippen LogP contribution in [0.25, 0.3) is 16.5 Å². The van der Waals surface area contributed by atoms with Gasteiger partial charge in [0.1, 0.15) is 0 Å². The predicted molar refractivity (Wildman–Crippen MR) is 136 cm³/mol. The zero-order chi connectivity index (χ0) is 22.4. The fraction of sp³-hybridized carbons (Fsp3) is 0.519. The first-order valence-corrected chi connectivity index (χ1v) is 12.3. The first kappa shape index (κ1) is 23.8. The van der Waals surface area contributed by atoms with Gasteiger partial charge in [-0.1, -0.05) is 70.5 Å². The minimum absolute atomic E-state index is 0.534. The van der Waals surface area contributed by atoms with Crippen LogP contribution in [-0.4, -0.2) is 35.6 Å². The molecule has 0 spiro atoms. The molecule has 3 nitrogen and oxygen atoms in total. The normalized spacial score (nSPS) is 16.5. The number of rotatable bonds is 10. The molecule has 1 aromatic carbocycles. The number of aromatic nitrogens is 1. The highest BCUT2D eigenvalue weighted by molar-refractivity contribution is 6.36. The third-order valence-corrected chi connectivity index (χ3v) is 6.85. The molecule has 31 heavy (non-hydrogen) atoms. The molecule has 0 amide bonds. The highest BCUT2D eigenvalue weighted by Crippen LogP contribution is 2.31. The van der Waals surface area contributed by atoms with Gasteiger partial charge in [0.15, 0.2) is 0 Å². The summed E-state index contributed by atoms with van der Waals surface area (Å²) in [5.41, 5.74) is 6.68. The van der Waals surface area contributed by atoms with Crippen molar-refractivity contribution in [3.05, 3.63) is 58.9 Å². The molecule has 0 radical (unpaired) electrons. The average Bonchev–Trinajstić information content (AvgIpc) is 2.78. The topological polar surface area (TPSA) is 28.2 Å². The largest absolute Gasteiger partial charge is 0.369 e. The van der Waals surface area contributed by atoms with Crippen LogP contribution < -0.4 is 5.32 Å². The van der Waals surface area contributed by atoms with Crippen molar-refractivity contribution in [2.45, 2.75) is 71.8 Å². The van der Waals surface area contributed by atoms with Crippen LogP contribution in [0, 0.1) is 0 Å². The molecule has 168 valence electrons. The number of pyridine rings is 1. The molecule has 1 unspecified atom stereocenters. The molecule has 0 bridgehead atoms. The van der Waals surface area contributed by atoms with Gasteiger partial charge in [-0.25, -0.2) is 0 Å². The van der Waals surface area contributed by atoms with Gasteiger partial charge in [0.2, 0.25) is 0 Å². The first-order chi connectivity index (χ1) is 15.0. The van der Waals surface area contributed by atoms with E-state index in [4.69, 9.17) is 16.6 Å². The van der Waals surface area contributed by atoms with Crippen molar-refractivity contribution >= 4 is 28.1 Å². The Bertz CT molecular complexity index is 928. The van der Waals surface area contributed by atoms with Crippen molar-refractivity contribution < 1.29 is 0 Å². The Hall–Kier alpha value is -1.84. The van der Waals surface area contributed by atoms with Gasteiger partial charge in [0, 0.05) is 35.9 Å². The molecule has 4 heteroatoms. The Labute approximate surface area is 193 Å². The standard InChI is InChI=1S/C27H38ClN3/c1-6-11-20(5)31(18-22-12-9-10-15-29-22)17-19(4)21-13-14-24-26(16-21)30-25(8-3)23(7-2)27(24)28/h13-14,16,22,29H,4-12,15,17-18H2,1-3H3. The molecule has 1 aromatic heterocycles. The lowest BCUT2D eigenvalue weighted by molar-refractivity contribution is 0.283. The summed E-state index contributed by atoms with van der Waals surface area (Å²) in [6.07, 6.45) is 7.76. The van der Waals surface area contributed by atoms with E-state index in [0.29, 0.717) is 6.04 Å². The molecule has 1 saturated heterocycles. The Morgan fingerprint density at radius 3 is 2.65 bits per heavy atom. The van der Waals surface area contributed by atoms with Gasteiger partial charge in [-0.05, 0) is 61.4 Å². The number of benzene rings is 1. The maximum absolute atomic E-state index is 6.74. The van der Waals surface area contributed by atoms with Gasteiger partial charge >= 0.3 is 0 Å². The highest BCUT2D eigenvalue weighted by Gasteiger charge is 2.19. The quantitative estimate of drug-likeness (QED) is 0.442. The minimum Gasteiger partial charge on any atom is -0.369 e. The molecular weight excluding hydrogens is 402 g/mol. The number of allylic oxidation sites excluding steroid dienone is 1. The van der Waals surface area contributed by atoms with Crippen molar-refractivity contribution in [2.24, 2.45) is 0 Å². The lowest BCUT2D eigenvalue weighted by Crippen LogP contribution is -2.43. The number of piperidine rings is 1. The fourth-order valence-corrected chi connectivity index (χ4v) is 5.01.